The highest BCUT2D eigenvalue weighted by atomic mass is 16.3. The number of furan rings is 1. The number of benzene rings is 17. The molecular formula is C108H67N7O. The smallest absolute Gasteiger partial charge is 0.160 e. The van der Waals surface area contributed by atoms with Crippen molar-refractivity contribution in [3.8, 4) is 118 Å². The predicted octanol–water partition coefficient (Wildman–Crippen LogP) is 28.3. The van der Waals surface area contributed by atoms with Gasteiger partial charge in [-0.1, -0.05) is 297 Å². The fraction of sp³-hybridized carbons (Fsp3) is 0. The monoisotopic (exact) mass is 1480 g/mol. The van der Waals surface area contributed by atoms with Crippen molar-refractivity contribution in [2.24, 2.45) is 0 Å². The molecule has 0 fully saturated rings. The van der Waals surface area contributed by atoms with Gasteiger partial charge >= 0.3 is 0 Å². The van der Waals surface area contributed by atoms with E-state index in [1.807, 2.05) is 91.4 Å². The van der Waals surface area contributed by atoms with Gasteiger partial charge in [0.2, 0.25) is 0 Å². The van der Waals surface area contributed by atoms with E-state index in [0.29, 0.717) is 11.6 Å². The Morgan fingerprint density at radius 1 is 0.190 bits per heavy atom. The summed E-state index contributed by atoms with van der Waals surface area (Å²) in [6, 6.07) is 137. The van der Waals surface area contributed by atoms with E-state index in [4.69, 9.17) is 24.4 Å². The maximum Gasteiger partial charge on any atom is 0.160 e. The number of hydrogen-bond donors (Lipinski definition) is 0. The van der Waals surface area contributed by atoms with Crippen LogP contribution in [0.2, 0.25) is 0 Å². The SMILES string of the molecule is c1ccc(-c2cc(-c3ccc(-c4ccc5c(c4)c4ccccc4c4c5ccc5c4c4ccccc4n5-c4ccccc4)cc3)nc(-c3ccc(-c4ccccn4)cc3)n2)cc1.c1ccc(-c2cc(-c3ccc(-c4ccc5c(c4)c4ccccc4c4ccc6oc7ccccc7c6c45)cc3)nc(-c3ccc(-c4ccncc4)cc3)n2)cc1. The molecule has 0 saturated heterocycles. The Labute approximate surface area is 667 Å². The van der Waals surface area contributed by atoms with Crippen LogP contribution in [0.15, 0.2) is 411 Å². The van der Waals surface area contributed by atoms with E-state index < -0.39 is 0 Å². The first-order valence-corrected chi connectivity index (χ1v) is 39.2. The summed E-state index contributed by atoms with van der Waals surface area (Å²) in [5, 5.41) is 19.9. The van der Waals surface area contributed by atoms with Crippen molar-refractivity contribution in [2.45, 2.75) is 0 Å². The van der Waals surface area contributed by atoms with Gasteiger partial charge in [-0.25, -0.2) is 19.9 Å². The first-order chi connectivity index (χ1) is 57.5. The van der Waals surface area contributed by atoms with Crippen LogP contribution in [0.25, 0.3) is 227 Å². The molecule has 116 heavy (non-hydrogen) atoms. The fourth-order valence-corrected chi connectivity index (χ4v) is 17.3. The first kappa shape index (κ1) is 67.3. The normalized spacial score (nSPS) is 11.6. The molecule has 0 bridgehead atoms. The zero-order chi connectivity index (χ0) is 76.6. The van der Waals surface area contributed by atoms with E-state index in [9.17, 15) is 0 Å². The van der Waals surface area contributed by atoms with E-state index in [-0.39, 0.29) is 0 Å². The Kier molecular flexibility index (Phi) is 16.4. The molecule has 0 unspecified atom stereocenters. The summed E-state index contributed by atoms with van der Waals surface area (Å²) < 4.78 is 8.74. The quantitative estimate of drug-likeness (QED) is 0.119. The van der Waals surface area contributed by atoms with Crippen LogP contribution in [0.1, 0.15) is 0 Å². The Bertz CT molecular complexity index is 7730. The van der Waals surface area contributed by atoms with Crippen LogP contribution in [0, 0.1) is 0 Å². The lowest BCUT2D eigenvalue weighted by molar-refractivity contribution is 0.669. The minimum Gasteiger partial charge on any atom is -0.456 e. The van der Waals surface area contributed by atoms with Crippen molar-refractivity contribution in [1.29, 1.82) is 0 Å². The van der Waals surface area contributed by atoms with Crippen LogP contribution in [0.4, 0.5) is 0 Å². The van der Waals surface area contributed by atoms with E-state index >= 15 is 0 Å². The molecule has 0 aliphatic heterocycles. The minimum absolute atomic E-state index is 0.684. The van der Waals surface area contributed by atoms with E-state index in [0.717, 1.165) is 117 Å². The van der Waals surface area contributed by atoms with Gasteiger partial charge < -0.3 is 8.98 Å². The summed E-state index contributed by atoms with van der Waals surface area (Å²) in [6.45, 7) is 0. The van der Waals surface area contributed by atoms with Crippen LogP contribution in [-0.2, 0) is 0 Å². The number of rotatable bonds is 11. The van der Waals surface area contributed by atoms with Gasteiger partial charge in [-0.05, 0) is 178 Å². The first-order valence-electron chi connectivity index (χ1n) is 39.2. The molecule has 23 rings (SSSR count). The predicted molar refractivity (Wildman–Crippen MR) is 481 cm³/mol. The standard InChI is InChI=1S/C57H36N4.C51H31N3O/c1-3-13-38(14-4-1)51-36-52(60-57(59-51)41-28-26-39(27-29-41)50-20-11-12-34-58-50)40-24-22-37(23-25-40)42-30-31-45-47-32-33-54-56(55(47)46-18-8-7-17-44(46)49(45)35-42)48-19-9-10-21-53(48)61(54)43-15-5-2-6-16-43;1-2-8-35(9-3-1)45-31-46(54-51(53-45)37-20-16-32(17-21-37)34-26-28-52-29-27-34)36-18-14-33(15-19-36)38-22-23-42-44(30-38)40-11-5-4-10-39(40)41-24-25-48-50(49(41)42)43-12-6-7-13-47(43)55-48/h1-36H;1-31H. The number of para-hydroxylation sites is 3. The van der Waals surface area contributed by atoms with Gasteiger partial charge in [0.25, 0.3) is 0 Å². The molecule has 0 amide bonds. The average molecular weight is 1480 g/mol. The molecule has 0 N–H and O–H groups in total. The molecule has 0 aliphatic carbocycles. The van der Waals surface area contributed by atoms with Gasteiger partial charge in [-0.2, -0.15) is 0 Å². The zero-order valence-corrected chi connectivity index (χ0v) is 62.7. The third-order valence-corrected chi connectivity index (χ3v) is 22.9. The second kappa shape index (κ2) is 28.3. The van der Waals surface area contributed by atoms with Crippen molar-refractivity contribution in [2.75, 3.05) is 0 Å². The van der Waals surface area contributed by atoms with Gasteiger partial charge in [-0.15, -0.1) is 0 Å². The van der Waals surface area contributed by atoms with Crippen molar-refractivity contribution in [3.05, 3.63) is 407 Å². The fourth-order valence-electron chi connectivity index (χ4n) is 17.3. The molecule has 0 saturated carbocycles. The highest BCUT2D eigenvalue weighted by Crippen LogP contribution is 2.47. The van der Waals surface area contributed by atoms with Gasteiger partial charge in [-0.3, -0.25) is 9.97 Å². The van der Waals surface area contributed by atoms with Gasteiger partial charge in [0, 0.05) is 95.5 Å². The molecule has 540 valence electrons. The van der Waals surface area contributed by atoms with E-state index in [1.54, 1.807) is 0 Å². The van der Waals surface area contributed by atoms with E-state index in [2.05, 4.69) is 330 Å². The van der Waals surface area contributed by atoms with Gasteiger partial charge in [0.05, 0.1) is 39.5 Å². The largest absolute Gasteiger partial charge is 0.456 e. The number of nitrogens with zero attached hydrogens (tertiary/aromatic N) is 7. The van der Waals surface area contributed by atoms with Gasteiger partial charge in [0.15, 0.2) is 11.6 Å². The molecule has 0 aliphatic rings. The Balaban J connectivity index is 0.000000141. The maximum atomic E-state index is 6.34. The lowest BCUT2D eigenvalue weighted by atomic mass is 9.90. The second-order valence-corrected chi connectivity index (χ2v) is 29.6. The molecular weight excluding hydrogens is 1410 g/mol. The van der Waals surface area contributed by atoms with Crippen molar-refractivity contribution < 1.29 is 4.42 Å². The van der Waals surface area contributed by atoms with Crippen LogP contribution in [-0.4, -0.2) is 34.5 Å². The maximum absolute atomic E-state index is 6.34. The summed E-state index contributed by atoms with van der Waals surface area (Å²) >= 11 is 0. The summed E-state index contributed by atoms with van der Waals surface area (Å²) in [7, 11) is 0. The van der Waals surface area contributed by atoms with Crippen LogP contribution in [0.3, 0.4) is 0 Å². The number of pyridine rings is 2. The molecule has 17 aromatic carbocycles. The number of aromatic nitrogens is 7. The third-order valence-electron chi connectivity index (χ3n) is 22.9. The minimum atomic E-state index is 0.684. The average Bonchev–Trinajstić information content (AvgIpc) is 1.54. The van der Waals surface area contributed by atoms with E-state index in [1.165, 1.54) is 97.4 Å². The van der Waals surface area contributed by atoms with Crippen molar-refractivity contribution in [3.63, 3.8) is 0 Å². The number of fused-ring (bicyclic) bond motifs is 20. The summed E-state index contributed by atoms with van der Waals surface area (Å²) in [5.74, 6) is 1.37. The van der Waals surface area contributed by atoms with Crippen LogP contribution >= 0.6 is 0 Å². The lowest BCUT2D eigenvalue weighted by Gasteiger charge is -2.14. The molecule has 23 aromatic rings. The molecule has 8 nitrogen and oxygen atoms in total. The molecule has 6 heterocycles. The summed E-state index contributed by atoms with van der Waals surface area (Å²) in [6.07, 6.45) is 5.45. The van der Waals surface area contributed by atoms with Gasteiger partial charge in [0.1, 0.15) is 11.2 Å². The summed E-state index contributed by atoms with van der Waals surface area (Å²) in [4.78, 5) is 29.1. The second-order valence-electron chi connectivity index (χ2n) is 29.6. The third kappa shape index (κ3) is 11.9. The molecule has 8 heteroatoms. The summed E-state index contributed by atoms with van der Waals surface area (Å²) in [5.41, 5.74) is 23.9. The Hall–Kier alpha value is -15.6. The Morgan fingerprint density at radius 3 is 1.13 bits per heavy atom. The lowest BCUT2D eigenvalue weighted by Crippen LogP contribution is -1.96. The molecule has 0 atom stereocenters. The molecule has 6 aromatic heterocycles. The van der Waals surface area contributed by atoms with Crippen LogP contribution in [0.5, 0.6) is 0 Å². The highest BCUT2D eigenvalue weighted by molar-refractivity contribution is 6.37. The van der Waals surface area contributed by atoms with Crippen molar-refractivity contribution >= 4 is 108 Å². The topological polar surface area (TPSA) is 95.4 Å². The Morgan fingerprint density at radius 2 is 0.560 bits per heavy atom. The van der Waals surface area contributed by atoms with Crippen LogP contribution < -0.4 is 0 Å². The zero-order valence-electron chi connectivity index (χ0n) is 62.7. The highest BCUT2D eigenvalue weighted by Gasteiger charge is 2.22. The molecule has 0 radical (unpaired) electrons. The number of hydrogen-bond acceptors (Lipinski definition) is 7. The molecule has 0 spiro atoms. The van der Waals surface area contributed by atoms with Crippen molar-refractivity contribution in [1.82, 2.24) is 34.5 Å².